The Balaban J connectivity index is 1.96. The molecule has 1 fully saturated rings. The van der Waals surface area contributed by atoms with Crippen LogP contribution in [0.25, 0.3) is 0 Å². The standard InChI is InChI=1S/C13H16N2OS/c1-10-3-5-11(6-4-10)7-8-15-12(16)9-14(2)13(15)17/h3-6H,7-9H2,1-2H3. The number of carbonyl (C=O) groups excluding carboxylic acids is 1. The van der Waals surface area contributed by atoms with E-state index >= 15 is 0 Å². The summed E-state index contributed by atoms with van der Waals surface area (Å²) in [6.45, 7) is 3.15. The zero-order chi connectivity index (χ0) is 12.4. The van der Waals surface area contributed by atoms with Crippen molar-refractivity contribution in [3.63, 3.8) is 0 Å². The predicted molar refractivity (Wildman–Crippen MR) is 71.8 cm³/mol. The van der Waals surface area contributed by atoms with E-state index in [1.165, 1.54) is 11.1 Å². The van der Waals surface area contributed by atoms with E-state index in [2.05, 4.69) is 31.2 Å². The van der Waals surface area contributed by atoms with Gasteiger partial charge in [0.2, 0.25) is 5.91 Å². The van der Waals surface area contributed by atoms with E-state index in [0.29, 0.717) is 18.2 Å². The molecule has 1 saturated heterocycles. The minimum atomic E-state index is 0.101. The lowest BCUT2D eigenvalue weighted by molar-refractivity contribution is -0.124. The molecule has 0 unspecified atom stereocenters. The maximum absolute atomic E-state index is 11.7. The third-order valence-corrected chi connectivity index (χ3v) is 3.51. The van der Waals surface area contributed by atoms with Gasteiger partial charge in [0.15, 0.2) is 5.11 Å². The first-order valence-corrected chi connectivity index (χ1v) is 6.10. The van der Waals surface area contributed by atoms with Gasteiger partial charge in [0.25, 0.3) is 0 Å². The normalized spacial score (nSPS) is 15.9. The van der Waals surface area contributed by atoms with Gasteiger partial charge in [-0.1, -0.05) is 29.8 Å². The molecule has 1 aromatic rings. The Morgan fingerprint density at radius 3 is 2.47 bits per heavy atom. The van der Waals surface area contributed by atoms with Crippen molar-refractivity contribution < 1.29 is 4.79 Å². The molecule has 0 bridgehead atoms. The van der Waals surface area contributed by atoms with Gasteiger partial charge >= 0.3 is 0 Å². The number of amides is 1. The molecule has 2 rings (SSSR count). The number of benzene rings is 1. The van der Waals surface area contributed by atoms with E-state index in [1.807, 2.05) is 11.9 Å². The number of nitrogens with zero attached hydrogens (tertiary/aromatic N) is 2. The van der Waals surface area contributed by atoms with Gasteiger partial charge in [0.1, 0.15) is 0 Å². The number of thiocarbonyl (C=S) groups is 1. The first kappa shape index (κ1) is 12.0. The summed E-state index contributed by atoms with van der Waals surface area (Å²) in [7, 11) is 1.85. The summed E-state index contributed by atoms with van der Waals surface area (Å²) < 4.78 is 0. The Bertz CT molecular complexity index is 441. The van der Waals surface area contributed by atoms with Crippen LogP contribution in [0.5, 0.6) is 0 Å². The van der Waals surface area contributed by atoms with Crippen molar-refractivity contribution in [2.45, 2.75) is 13.3 Å². The van der Waals surface area contributed by atoms with E-state index in [4.69, 9.17) is 12.2 Å². The quantitative estimate of drug-likeness (QED) is 0.759. The Kier molecular flexibility index (Phi) is 3.43. The summed E-state index contributed by atoms with van der Waals surface area (Å²) in [5, 5.41) is 0.641. The second-order valence-corrected chi connectivity index (χ2v) is 4.78. The molecule has 1 aliphatic heterocycles. The van der Waals surface area contributed by atoms with Crippen molar-refractivity contribution in [2.75, 3.05) is 20.1 Å². The fraction of sp³-hybridized carbons (Fsp3) is 0.385. The maximum atomic E-state index is 11.7. The molecule has 0 atom stereocenters. The second kappa shape index (κ2) is 4.84. The highest BCUT2D eigenvalue weighted by Crippen LogP contribution is 2.11. The summed E-state index contributed by atoms with van der Waals surface area (Å²) in [6, 6.07) is 8.38. The van der Waals surface area contributed by atoms with Crippen molar-refractivity contribution >= 4 is 23.2 Å². The van der Waals surface area contributed by atoms with Gasteiger partial charge in [0.05, 0.1) is 6.54 Å². The Morgan fingerprint density at radius 1 is 1.29 bits per heavy atom. The van der Waals surface area contributed by atoms with Crippen LogP contribution in [-0.2, 0) is 11.2 Å². The highest BCUT2D eigenvalue weighted by atomic mass is 32.1. The van der Waals surface area contributed by atoms with Crippen molar-refractivity contribution in [2.24, 2.45) is 0 Å². The van der Waals surface area contributed by atoms with Crippen LogP contribution in [0.1, 0.15) is 11.1 Å². The van der Waals surface area contributed by atoms with E-state index < -0.39 is 0 Å². The van der Waals surface area contributed by atoms with E-state index in [0.717, 1.165) is 6.42 Å². The summed E-state index contributed by atoms with van der Waals surface area (Å²) >= 11 is 5.21. The van der Waals surface area contributed by atoms with Crippen LogP contribution in [0.3, 0.4) is 0 Å². The number of aryl methyl sites for hydroxylation is 1. The minimum absolute atomic E-state index is 0.101. The topological polar surface area (TPSA) is 23.6 Å². The number of likely N-dealkylation sites (N-methyl/N-ethyl adjacent to an activating group) is 1. The van der Waals surface area contributed by atoms with Crippen molar-refractivity contribution in [1.82, 2.24) is 9.80 Å². The number of rotatable bonds is 3. The number of carbonyl (C=O) groups is 1. The van der Waals surface area contributed by atoms with Gasteiger partial charge in [0, 0.05) is 13.6 Å². The minimum Gasteiger partial charge on any atom is -0.343 e. The smallest absolute Gasteiger partial charge is 0.248 e. The van der Waals surface area contributed by atoms with E-state index in [1.54, 1.807) is 4.90 Å². The molecule has 1 amide bonds. The van der Waals surface area contributed by atoms with Crippen LogP contribution in [0.4, 0.5) is 0 Å². The number of hydrogen-bond acceptors (Lipinski definition) is 2. The van der Waals surface area contributed by atoms with Gasteiger partial charge in [-0.05, 0) is 31.1 Å². The highest BCUT2D eigenvalue weighted by molar-refractivity contribution is 7.80. The van der Waals surface area contributed by atoms with Gasteiger partial charge in [-0.2, -0.15) is 0 Å². The van der Waals surface area contributed by atoms with Crippen molar-refractivity contribution in [1.29, 1.82) is 0 Å². The zero-order valence-electron chi connectivity index (χ0n) is 10.1. The largest absolute Gasteiger partial charge is 0.343 e. The van der Waals surface area contributed by atoms with Gasteiger partial charge < -0.3 is 4.90 Å². The number of hydrogen-bond donors (Lipinski definition) is 0. The predicted octanol–water partition coefficient (Wildman–Crippen LogP) is 1.60. The van der Waals surface area contributed by atoms with Crippen molar-refractivity contribution in [3.8, 4) is 0 Å². The van der Waals surface area contributed by atoms with Crippen LogP contribution in [0, 0.1) is 6.92 Å². The molecule has 1 aliphatic rings. The molecule has 0 aromatic heterocycles. The van der Waals surface area contributed by atoms with E-state index in [-0.39, 0.29) is 5.91 Å². The summed E-state index contributed by atoms with van der Waals surface area (Å²) in [4.78, 5) is 15.2. The van der Waals surface area contributed by atoms with Crippen molar-refractivity contribution in [3.05, 3.63) is 35.4 Å². The van der Waals surface area contributed by atoms with Crippen LogP contribution in [0.15, 0.2) is 24.3 Å². The van der Waals surface area contributed by atoms with Crippen LogP contribution in [-0.4, -0.2) is 41.0 Å². The SMILES string of the molecule is Cc1ccc(CCN2C(=O)CN(C)C2=S)cc1. The van der Waals surface area contributed by atoms with Gasteiger partial charge in [-0.15, -0.1) is 0 Å². The Morgan fingerprint density at radius 2 is 1.94 bits per heavy atom. The summed E-state index contributed by atoms with van der Waals surface area (Å²) in [5.41, 5.74) is 2.49. The fourth-order valence-electron chi connectivity index (χ4n) is 1.88. The second-order valence-electron chi connectivity index (χ2n) is 4.42. The van der Waals surface area contributed by atoms with Gasteiger partial charge in [-0.25, -0.2) is 0 Å². The first-order valence-electron chi connectivity index (χ1n) is 5.69. The Labute approximate surface area is 107 Å². The molecule has 0 saturated carbocycles. The first-order chi connectivity index (χ1) is 8.08. The summed E-state index contributed by atoms with van der Waals surface area (Å²) in [5.74, 6) is 0.101. The van der Waals surface area contributed by atoms with Crippen LogP contribution in [0.2, 0.25) is 0 Å². The maximum Gasteiger partial charge on any atom is 0.248 e. The average molecular weight is 248 g/mol. The Hall–Kier alpha value is -1.42. The third kappa shape index (κ3) is 2.64. The average Bonchev–Trinajstić information content (AvgIpc) is 2.54. The van der Waals surface area contributed by atoms with Gasteiger partial charge in [-0.3, -0.25) is 9.69 Å². The lowest BCUT2D eigenvalue weighted by Crippen LogP contribution is -2.33. The molecule has 17 heavy (non-hydrogen) atoms. The molecule has 0 N–H and O–H groups in total. The van der Waals surface area contributed by atoms with Crippen LogP contribution >= 0.6 is 12.2 Å². The van der Waals surface area contributed by atoms with Crippen LogP contribution < -0.4 is 0 Å². The summed E-state index contributed by atoms with van der Waals surface area (Å²) in [6.07, 6.45) is 0.847. The molecule has 0 radical (unpaired) electrons. The fourth-order valence-corrected chi connectivity index (χ4v) is 2.14. The lowest BCUT2D eigenvalue weighted by atomic mass is 10.1. The molecule has 1 aromatic carbocycles. The molecule has 1 heterocycles. The zero-order valence-corrected chi connectivity index (χ0v) is 11.0. The molecule has 90 valence electrons. The molecule has 4 heteroatoms. The molecular formula is C13H16N2OS. The highest BCUT2D eigenvalue weighted by Gasteiger charge is 2.29. The molecule has 3 nitrogen and oxygen atoms in total. The molecule has 0 aliphatic carbocycles. The van der Waals surface area contributed by atoms with E-state index in [9.17, 15) is 4.79 Å². The monoisotopic (exact) mass is 248 g/mol. The molecular weight excluding hydrogens is 232 g/mol. The molecule has 0 spiro atoms. The lowest BCUT2D eigenvalue weighted by Gasteiger charge is -2.16. The third-order valence-electron chi connectivity index (χ3n) is 2.98.